The van der Waals surface area contributed by atoms with Crippen LogP contribution in [0.25, 0.3) is 0 Å². The number of esters is 1. The first-order valence-electron chi connectivity index (χ1n) is 8.20. The van der Waals surface area contributed by atoms with Crippen molar-refractivity contribution < 1.29 is 14.3 Å². The quantitative estimate of drug-likeness (QED) is 0.642. The molecule has 0 saturated heterocycles. The molecule has 7 heteroatoms. The molecule has 0 bridgehead atoms. The second-order valence-electron chi connectivity index (χ2n) is 8.14. The van der Waals surface area contributed by atoms with E-state index >= 15 is 0 Å². The number of carbonyl (C=O) groups excluding carboxylic acids is 1. The van der Waals surface area contributed by atoms with E-state index in [-0.39, 0.29) is 22.4 Å². The zero-order chi connectivity index (χ0) is 18.8. The van der Waals surface area contributed by atoms with Crippen LogP contribution < -0.4 is 10.4 Å². The largest absolute Gasteiger partial charge is 0.456 e. The van der Waals surface area contributed by atoms with Crippen LogP contribution in [0.1, 0.15) is 51.9 Å². The van der Waals surface area contributed by atoms with Gasteiger partial charge in [0.15, 0.2) is 0 Å². The van der Waals surface area contributed by atoms with Crippen molar-refractivity contribution in [3.8, 4) is 0 Å². The number of nitrogens with zero attached hydrogens (tertiary/aromatic N) is 2. The summed E-state index contributed by atoms with van der Waals surface area (Å²) in [5, 5.41) is 1.80. The summed E-state index contributed by atoms with van der Waals surface area (Å²) in [6, 6.07) is 3.31. The highest BCUT2D eigenvalue weighted by Crippen LogP contribution is 2.23. The van der Waals surface area contributed by atoms with Gasteiger partial charge in [-0.1, -0.05) is 32.4 Å². The number of pyridine rings is 1. The molecule has 2 rings (SSSR count). The van der Waals surface area contributed by atoms with Gasteiger partial charge in [-0.2, -0.15) is 5.43 Å². The molecule has 1 N–H and O–H groups in total. The van der Waals surface area contributed by atoms with Crippen LogP contribution >= 0.6 is 11.6 Å². The minimum absolute atomic E-state index is 0.0829. The molecule has 1 atom stereocenters. The molecular formula is C18H26ClN3O3. The minimum atomic E-state index is -0.587. The van der Waals surface area contributed by atoms with E-state index in [0.29, 0.717) is 12.4 Å². The van der Waals surface area contributed by atoms with E-state index in [1.807, 2.05) is 12.3 Å². The van der Waals surface area contributed by atoms with E-state index in [1.54, 1.807) is 37.9 Å². The number of carbonyl (C=O) groups is 1. The molecule has 0 aliphatic carbocycles. The van der Waals surface area contributed by atoms with E-state index in [9.17, 15) is 4.79 Å². The third-order valence-corrected chi connectivity index (χ3v) is 3.36. The Bertz CT molecular complexity index is 663. The molecule has 1 aliphatic heterocycles. The maximum absolute atomic E-state index is 12.1. The summed E-state index contributed by atoms with van der Waals surface area (Å²) in [5.41, 5.74) is 2.89. The topological polar surface area (TPSA) is 63.7 Å². The summed E-state index contributed by atoms with van der Waals surface area (Å²) in [6.45, 7) is 12.4. The number of halogens is 1. The zero-order valence-electron chi connectivity index (χ0n) is 15.6. The van der Waals surface area contributed by atoms with Gasteiger partial charge in [0, 0.05) is 6.20 Å². The molecule has 0 fully saturated rings. The lowest BCUT2D eigenvalue weighted by Gasteiger charge is -2.23. The highest BCUT2D eigenvalue weighted by atomic mass is 35.5. The fourth-order valence-electron chi connectivity index (χ4n) is 2.01. The third kappa shape index (κ3) is 5.99. The number of rotatable bonds is 4. The third-order valence-electron chi connectivity index (χ3n) is 3.07. The average molecular weight is 368 g/mol. The van der Waals surface area contributed by atoms with Crippen LogP contribution in [0.2, 0.25) is 5.15 Å². The Morgan fingerprint density at radius 3 is 2.52 bits per heavy atom. The molecule has 25 heavy (non-hydrogen) atoms. The Morgan fingerprint density at radius 1 is 1.28 bits per heavy atom. The van der Waals surface area contributed by atoms with Crippen LogP contribution in [-0.4, -0.2) is 29.4 Å². The summed E-state index contributed by atoms with van der Waals surface area (Å²) in [4.78, 5) is 16.4. The van der Waals surface area contributed by atoms with E-state index in [2.05, 4.69) is 31.2 Å². The fourth-order valence-corrected chi connectivity index (χ4v) is 2.23. The van der Waals surface area contributed by atoms with Gasteiger partial charge in [-0.25, -0.2) is 9.78 Å². The Kier molecular flexibility index (Phi) is 5.76. The number of nitrogens with one attached hydrogen (secondary N) is 1. The van der Waals surface area contributed by atoms with E-state index in [1.165, 1.54) is 0 Å². The maximum atomic E-state index is 12.1. The Balaban J connectivity index is 2.02. The molecule has 0 radical (unpaired) electrons. The monoisotopic (exact) mass is 367 g/mol. The molecule has 2 heterocycles. The van der Waals surface area contributed by atoms with Gasteiger partial charge in [0.2, 0.25) is 0 Å². The van der Waals surface area contributed by atoms with Crippen molar-refractivity contribution in [2.45, 2.75) is 53.4 Å². The highest BCUT2D eigenvalue weighted by Gasteiger charge is 2.24. The van der Waals surface area contributed by atoms with Crippen LogP contribution in [-0.2, 0) is 9.47 Å². The van der Waals surface area contributed by atoms with Gasteiger partial charge >= 0.3 is 5.97 Å². The number of hydrogen-bond donors (Lipinski definition) is 1. The van der Waals surface area contributed by atoms with Gasteiger partial charge in [-0.15, -0.1) is 0 Å². The standard InChI is InChI=1S/C18H26ClN3O3/c1-17(2,3)11-24-14-9-10-22(21-14)13-8-7-12(15(19)20-13)16(23)25-18(4,5)6/h7-10,14,21H,11H2,1-6H3. The van der Waals surface area contributed by atoms with Gasteiger partial charge in [0.1, 0.15) is 22.8 Å². The van der Waals surface area contributed by atoms with Crippen molar-refractivity contribution in [2.24, 2.45) is 5.41 Å². The number of hydrogen-bond acceptors (Lipinski definition) is 6. The van der Waals surface area contributed by atoms with Crippen molar-refractivity contribution in [1.82, 2.24) is 10.4 Å². The van der Waals surface area contributed by atoms with Crippen molar-refractivity contribution in [1.29, 1.82) is 0 Å². The SMILES string of the molecule is CC(C)(C)COC1C=CN(c2ccc(C(=O)OC(C)(C)C)c(Cl)n2)N1. The van der Waals surface area contributed by atoms with Crippen molar-refractivity contribution in [3.63, 3.8) is 0 Å². The van der Waals surface area contributed by atoms with Gasteiger partial charge < -0.3 is 9.47 Å². The van der Waals surface area contributed by atoms with Crippen molar-refractivity contribution >= 4 is 23.4 Å². The lowest BCUT2D eigenvalue weighted by molar-refractivity contribution is 0.00692. The van der Waals surface area contributed by atoms with Gasteiger partial charge in [-0.05, 0) is 44.4 Å². The molecule has 1 aromatic rings. The number of aromatic nitrogens is 1. The van der Waals surface area contributed by atoms with E-state index < -0.39 is 11.6 Å². The van der Waals surface area contributed by atoms with Crippen LogP contribution in [0.15, 0.2) is 24.4 Å². The molecule has 1 aliphatic rings. The Labute approximate surface area is 154 Å². The van der Waals surface area contributed by atoms with Crippen LogP contribution in [0, 0.1) is 5.41 Å². The first-order chi connectivity index (χ1) is 11.4. The summed E-state index contributed by atoms with van der Waals surface area (Å²) in [6.07, 6.45) is 3.48. The molecule has 1 unspecified atom stereocenters. The van der Waals surface area contributed by atoms with E-state index in [4.69, 9.17) is 21.1 Å². The van der Waals surface area contributed by atoms with E-state index in [0.717, 1.165) is 0 Å². The second-order valence-corrected chi connectivity index (χ2v) is 8.50. The normalized spacial score (nSPS) is 17.9. The predicted molar refractivity (Wildman–Crippen MR) is 98.4 cm³/mol. The Hall–Kier alpha value is -1.63. The van der Waals surface area contributed by atoms with Crippen molar-refractivity contribution in [2.75, 3.05) is 11.6 Å². The van der Waals surface area contributed by atoms with Crippen LogP contribution in [0.3, 0.4) is 0 Å². The minimum Gasteiger partial charge on any atom is -0.456 e. The zero-order valence-corrected chi connectivity index (χ0v) is 16.3. The van der Waals surface area contributed by atoms with Crippen LogP contribution in [0.4, 0.5) is 5.82 Å². The first kappa shape index (κ1) is 19.7. The highest BCUT2D eigenvalue weighted by molar-refractivity contribution is 6.32. The van der Waals surface area contributed by atoms with Gasteiger partial charge in [-0.3, -0.25) is 5.01 Å². The van der Waals surface area contributed by atoms with Crippen LogP contribution in [0.5, 0.6) is 0 Å². The molecule has 0 aromatic carbocycles. The number of anilines is 1. The summed E-state index contributed by atoms with van der Waals surface area (Å²) in [7, 11) is 0. The molecule has 1 aromatic heterocycles. The lowest BCUT2D eigenvalue weighted by atomic mass is 9.99. The molecule has 0 amide bonds. The number of hydrazine groups is 1. The maximum Gasteiger partial charge on any atom is 0.341 e. The fraction of sp³-hybridized carbons (Fsp3) is 0.556. The smallest absolute Gasteiger partial charge is 0.341 e. The lowest BCUT2D eigenvalue weighted by Crippen LogP contribution is -2.38. The number of ether oxygens (including phenoxy) is 2. The molecule has 138 valence electrons. The first-order valence-corrected chi connectivity index (χ1v) is 8.58. The molecular weight excluding hydrogens is 342 g/mol. The molecule has 6 nitrogen and oxygen atoms in total. The Morgan fingerprint density at radius 2 is 1.96 bits per heavy atom. The summed E-state index contributed by atoms with van der Waals surface area (Å²) < 4.78 is 11.1. The second kappa shape index (κ2) is 7.32. The predicted octanol–water partition coefficient (Wildman–Crippen LogP) is 3.92. The summed E-state index contributed by atoms with van der Waals surface area (Å²) in [5.74, 6) is 0.0725. The van der Waals surface area contributed by atoms with Crippen molar-refractivity contribution in [3.05, 3.63) is 35.1 Å². The molecule has 0 spiro atoms. The summed E-state index contributed by atoms with van der Waals surface area (Å²) >= 11 is 6.17. The average Bonchev–Trinajstić information content (AvgIpc) is 2.91. The van der Waals surface area contributed by atoms with Gasteiger partial charge in [0.25, 0.3) is 0 Å². The van der Waals surface area contributed by atoms with Gasteiger partial charge in [0.05, 0.1) is 12.2 Å². The molecule has 0 saturated carbocycles.